The Bertz CT molecular complexity index is 1470. The lowest BCUT2D eigenvalue weighted by Crippen LogP contribution is -2.50. The van der Waals surface area contributed by atoms with Crippen LogP contribution in [0.3, 0.4) is 0 Å². The van der Waals surface area contributed by atoms with Gasteiger partial charge in [-0.25, -0.2) is 0 Å². The van der Waals surface area contributed by atoms with E-state index in [1.165, 1.54) is 6.08 Å². The lowest BCUT2D eigenvalue weighted by molar-refractivity contribution is -0.134. The van der Waals surface area contributed by atoms with Crippen LogP contribution in [0.2, 0.25) is 0 Å². The second-order valence-corrected chi connectivity index (χ2v) is 9.97. The van der Waals surface area contributed by atoms with E-state index in [1.54, 1.807) is 35.1 Å². The van der Waals surface area contributed by atoms with Crippen molar-refractivity contribution < 1.29 is 19.1 Å². The maximum Gasteiger partial charge on any atom is 0.256 e. The Labute approximate surface area is 220 Å². The molecule has 1 saturated heterocycles. The summed E-state index contributed by atoms with van der Waals surface area (Å²) in [7, 11) is 1.65. The second-order valence-electron chi connectivity index (χ2n) is 9.97. The fourth-order valence-electron chi connectivity index (χ4n) is 5.67. The summed E-state index contributed by atoms with van der Waals surface area (Å²) in [6.07, 6.45) is 2.31. The van der Waals surface area contributed by atoms with Gasteiger partial charge >= 0.3 is 0 Å². The summed E-state index contributed by atoms with van der Waals surface area (Å²) in [5.74, 6) is 0.698. The van der Waals surface area contributed by atoms with Gasteiger partial charge in [-0.1, -0.05) is 18.7 Å². The number of aromatic nitrogens is 1. The Balaban J connectivity index is 1.41. The number of benzene rings is 2. The molecular formula is C29H30N4O5. The highest BCUT2D eigenvalue weighted by Crippen LogP contribution is 2.34. The monoisotopic (exact) mass is 514 g/mol. The van der Waals surface area contributed by atoms with Crippen molar-refractivity contribution in [2.24, 2.45) is 11.1 Å². The van der Waals surface area contributed by atoms with E-state index in [9.17, 15) is 19.3 Å². The summed E-state index contributed by atoms with van der Waals surface area (Å²) in [5, 5.41) is 3.68. The number of hydrogen-bond donors (Lipinski definition) is 0. The van der Waals surface area contributed by atoms with Crippen molar-refractivity contribution in [2.45, 2.75) is 32.9 Å². The van der Waals surface area contributed by atoms with Crippen molar-refractivity contribution in [3.05, 3.63) is 76.3 Å². The lowest BCUT2D eigenvalue weighted by Gasteiger charge is -2.38. The summed E-state index contributed by atoms with van der Waals surface area (Å²) >= 11 is 0. The van der Waals surface area contributed by atoms with Gasteiger partial charge in [-0.05, 0) is 54.4 Å². The van der Waals surface area contributed by atoms with Crippen LogP contribution in [0.25, 0.3) is 10.9 Å². The highest BCUT2D eigenvalue weighted by atomic mass is 16.5. The lowest BCUT2D eigenvalue weighted by atomic mass is 9.94. The fraction of sp³-hybridized carbons (Fsp3) is 0.345. The van der Waals surface area contributed by atoms with Crippen LogP contribution in [-0.4, -0.2) is 58.7 Å². The molecule has 2 amide bonds. The number of Topliss-reactive ketones (excluding diaryl/α,β-unsaturated/α-hetero) is 1. The molecule has 38 heavy (non-hydrogen) atoms. The molecule has 1 fully saturated rings. The van der Waals surface area contributed by atoms with Gasteiger partial charge in [0.2, 0.25) is 5.91 Å². The fourth-order valence-corrected chi connectivity index (χ4v) is 5.67. The average molecular weight is 515 g/mol. The van der Waals surface area contributed by atoms with E-state index in [-0.39, 0.29) is 35.7 Å². The first kappa shape index (κ1) is 25.4. The molecule has 2 aromatic carbocycles. The minimum atomic E-state index is -0.146. The zero-order chi connectivity index (χ0) is 27.0. The van der Waals surface area contributed by atoms with Gasteiger partial charge < -0.3 is 19.1 Å². The van der Waals surface area contributed by atoms with E-state index in [4.69, 9.17) is 4.74 Å². The van der Waals surface area contributed by atoms with Crippen molar-refractivity contribution >= 4 is 34.2 Å². The van der Waals surface area contributed by atoms with E-state index >= 15 is 0 Å². The van der Waals surface area contributed by atoms with Crippen molar-refractivity contribution in [2.75, 3.05) is 26.7 Å². The smallest absolute Gasteiger partial charge is 0.256 e. The first-order valence-electron chi connectivity index (χ1n) is 12.7. The molecule has 0 bridgehead atoms. The molecule has 9 heteroatoms. The number of rotatable bonds is 8. The van der Waals surface area contributed by atoms with Crippen molar-refractivity contribution in [3.63, 3.8) is 0 Å². The Morgan fingerprint density at radius 2 is 1.95 bits per heavy atom. The number of carbonyl (C=O) groups is 3. The summed E-state index contributed by atoms with van der Waals surface area (Å²) in [6.45, 7) is 7.51. The highest BCUT2D eigenvalue weighted by molar-refractivity contribution is 6.09. The second kappa shape index (κ2) is 10.2. The quantitative estimate of drug-likeness (QED) is 0.332. The number of fused-ring (bicyclic) bond motifs is 2. The molecule has 0 radical (unpaired) electrons. The molecule has 0 saturated carbocycles. The molecule has 0 N–H and O–H groups in total. The minimum absolute atomic E-state index is 0.0243. The normalized spacial score (nSPS) is 15.1. The summed E-state index contributed by atoms with van der Waals surface area (Å²) in [5.41, 5.74) is 4.25. The predicted octanol–water partition coefficient (Wildman–Crippen LogP) is 4.16. The maximum atomic E-state index is 13.9. The van der Waals surface area contributed by atoms with Gasteiger partial charge in [0.05, 0.1) is 19.2 Å². The van der Waals surface area contributed by atoms with Gasteiger partial charge in [-0.2, -0.15) is 0 Å². The van der Waals surface area contributed by atoms with Gasteiger partial charge in [-0.15, -0.1) is 4.91 Å². The highest BCUT2D eigenvalue weighted by Gasteiger charge is 2.32. The molecule has 3 aromatic rings. The van der Waals surface area contributed by atoms with Gasteiger partial charge in [0.25, 0.3) is 5.91 Å². The number of carbonyl (C=O) groups excluding carboxylic acids is 3. The minimum Gasteiger partial charge on any atom is -0.496 e. The van der Waals surface area contributed by atoms with E-state index in [0.717, 1.165) is 16.9 Å². The van der Waals surface area contributed by atoms with Crippen LogP contribution in [0.15, 0.2) is 54.2 Å². The van der Waals surface area contributed by atoms with Crippen LogP contribution in [-0.2, 0) is 29.1 Å². The molecule has 9 nitrogen and oxygen atoms in total. The van der Waals surface area contributed by atoms with Crippen molar-refractivity contribution in [1.82, 2.24) is 14.4 Å². The molecule has 0 aliphatic carbocycles. The Morgan fingerprint density at radius 3 is 2.66 bits per heavy atom. The van der Waals surface area contributed by atoms with Crippen molar-refractivity contribution in [1.29, 1.82) is 0 Å². The summed E-state index contributed by atoms with van der Waals surface area (Å²) in [6, 6.07) is 10.8. The molecule has 0 unspecified atom stereocenters. The van der Waals surface area contributed by atoms with E-state index in [2.05, 4.69) is 11.8 Å². The standard InChI is InChI=1S/C29H30N4O5/c1-4-27(35)32-14-19(15-32)12-22(34)17-33-18(2)28(24-13-21(30-37)8-9-25(24)33)29(36)31-11-10-23-20(16-31)6-5-7-26(23)38-3/h4-9,13,19H,1,10-12,14-17H2,2-3H3. The Morgan fingerprint density at radius 1 is 1.16 bits per heavy atom. The molecule has 0 atom stereocenters. The van der Waals surface area contributed by atoms with Gasteiger partial charge in [0.1, 0.15) is 11.4 Å². The number of methoxy groups -OCH3 is 1. The summed E-state index contributed by atoms with van der Waals surface area (Å²) in [4.78, 5) is 53.4. The first-order valence-corrected chi connectivity index (χ1v) is 12.7. The van der Waals surface area contributed by atoms with Gasteiger partial charge in [-0.3, -0.25) is 14.4 Å². The predicted molar refractivity (Wildman–Crippen MR) is 143 cm³/mol. The van der Waals surface area contributed by atoms with Crippen LogP contribution >= 0.6 is 0 Å². The van der Waals surface area contributed by atoms with Crippen LogP contribution in [0.4, 0.5) is 5.69 Å². The van der Waals surface area contributed by atoms with Gasteiger partial charge in [0.15, 0.2) is 5.78 Å². The number of ether oxygens (including phenoxy) is 1. The Kier molecular flexibility index (Phi) is 6.84. The van der Waals surface area contributed by atoms with Crippen LogP contribution in [0, 0.1) is 17.7 Å². The Hall–Kier alpha value is -4.27. The van der Waals surface area contributed by atoms with Gasteiger partial charge in [0, 0.05) is 60.7 Å². The number of ketones is 1. The van der Waals surface area contributed by atoms with Crippen molar-refractivity contribution in [3.8, 4) is 5.75 Å². The number of amides is 2. The zero-order valence-electron chi connectivity index (χ0n) is 21.6. The SMILES string of the molecule is C=CC(=O)N1CC(CC(=O)Cn2c(C)c(C(=O)N3CCc4c(cccc4OC)C3)c3cc(N=O)ccc32)C1. The molecule has 5 rings (SSSR count). The molecule has 3 heterocycles. The van der Waals surface area contributed by atoms with E-state index in [0.29, 0.717) is 61.2 Å². The number of nitroso groups, excluding NO2 is 1. The molecule has 2 aliphatic heterocycles. The molecule has 196 valence electrons. The van der Waals surface area contributed by atoms with Crippen LogP contribution in [0.1, 0.15) is 33.6 Å². The number of hydrogen-bond acceptors (Lipinski definition) is 6. The van der Waals surface area contributed by atoms with E-state index < -0.39 is 0 Å². The third kappa shape index (κ3) is 4.49. The van der Waals surface area contributed by atoms with Crippen LogP contribution < -0.4 is 4.74 Å². The molecule has 1 aromatic heterocycles. The molecule has 0 spiro atoms. The number of nitrogens with zero attached hydrogens (tertiary/aromatic N) is 4. The summed E-state index contributed by atoms with van der Waals surface area (Å²) < 4.78 is 7.35. The first-order chi connectivity index (χ1) is 18.3. The zero-order valence-corrected chi connectivity index (χ0v) is 21.6. The maximum absolute atomic E-state index is 13.9. The molecule has 2 aliphatic rings. The third-order valence-electron chi connectivity index (χ3n) is 7.65. The molecular weight excluding hydrogens is 484 g/mol. The van der Waals surface area contributed by atoms with Crippen LogP contribution in [0.5, 0.6) is 5.75 Å². The van der Waals surface area contributed by atoms with E-state index in [1.807, 2.05) is 29.7 Å². The topological polar surface area (TPSA) is 101 Å². The average Bonchev–Trinajstić information content (AvgIpc) is 3.18. The largest absolute Gasteiger partial charge is 0.496 e. The third-order valence-corrected chi connectivity index (χ3v) is 7.65. The number of likely N-dealkylation sites (tertiary alicyclic amines) is 1.